The number of amides is 1. The largest absolute Gasteiger partial charge is 0.483 e. The summed E-state index contributed by atoms with van der Waals surface area (Å²) in [6, 6.07) is 0.239. The Hall–Kier alpha value is -1.14. The van der Waals surface area contributed by atoms with Crippen molar-refractivity contribution in [3.8, 4) is 0 Å². The lowest BCUT2D eigenvalue weighted by Gasteiger charge is -2.39. The topological polar surface area (TPSA) is 70.1 Å². The van der Waals surface area contributed by atoms with Crippen LogP contribution in [0.1, 0.15) is 32.1 Å². The van der Waals surface area contributed by atoms with E-state index in [1.165, 1.54) is 19.3 Å². The molecular formula is C15H28N2O4. The van der Waals surface area contributed by atoms with E-state index in [1.54, 1.807) is 0 Å². The van der Waals surface area contributed by atoms with Crippen molar-refractivity contribution in [1.29, 1.82) is 0 Å². The Morgan fingerprint density at radius 2 is 1.95 bits per heavy atom. The monoisotopic (exact) mass is 300 g/mol. The molecule has 1 aliphatic carbocycles. The van der Waals surface area contributed by atoms with Crippen LogP contribution < -0.4 is 0 Å². The predicted molar refractivity (Wildman–Crippen MR) is 80.1 cm³/mol. The Bertz CT molecular complexity index is 317. The maximum atomic E-state index is 12.6. The van der Waals surface area contributed by atoms with E-state index in [1.807, 2.05) is 0 Å². The molecule has 1 saturated heterocycles. The number of nitrogens with zero attached hydrogens (tertiary/aromatic N) is 2. The average Bonchev–Trinajstić information content (AvgIpc) is 2.48. The van der Waals surface area contributed by atoms with Crippen molar-refractivity contribution in [1.82, 2.24) is 9.80 Å². The van der Waals surface area contributed by atoms with Crippen molar-refractivity contribution in [2.75, 3.05) is 40.4 Å². The fourth-order valence-corrected chi connectivity index (χ4v) is 3.10. The third-order valence-corrected chi connectivity index (χ3v) is 4.04. The number of carbonyl (C=O) groups is 2. The summed E-state index contributed by atoms with van der Waals surface area (Å²) in [6.07, 6.45) is 5.92. The van der Waals surface area contributed by atoms with Crippen LogP contribution in [0.3, 0.4) is 0 Å². The van der Waals surface area contributed by atoms with Crippen LogP contribution >= 0.6 is 0 Å². The molecule has 0 aromatic heterocycles. The summed E-state index contributed by atoms with van der Waals surface area (Å²) in [7, 11) is 4.11. The van der Waals surface area contributed by atoms with E-state index in [-0.39, 0.29) is 18.4 Å². The third-order valence-electron chi connectivity index (χ3n) is 4.04. The first kappa shape index (κ1) is 17.9. The number of hydrogen-bond acceptors (Lipinski definition) is 4. The Labute approximate surface area is 127 Å². The standard InChI is InChI=1S/C14H26N2O2.CH2O2/c1-15(2)10-13-11-18-9-8-16(13)14(17)12-6-4-3-5-7-12;2-1-3/h12-13H,3-11H2,1-2H3;1H,(H,2,3). The lowest BCUT2D eigenvalue weighted by atomic mass is 9.88. The molecule has 0 bridgehead atoms. The second-order valence-corrected chi connectivity index (χ2v) is 5.96. The summed E-state index contributed by atoms with van der Waals surface area (Å²) in [4.78, 5) is 25.2. The van der Waals surface area contributed by atoms with E-state index >= 15 is 0 Å². The minimum absolute atomic E-state index is 0.239. The molecule has 1 saturated carbocycles. The second-order valence-electron chi connectivity index (χ2n) is 5.96. The normalized spacial score (nSPS) is 23.4. The Morgan fingerprint density at radius 3 is 2.52 bits per heavy atom. The molecule has 1 heterocycles. The van der Waals surface area contributed by atoms with Crippen LogP contribution in [0.5, 0.6) is 0 Å². The summed E-state index contributed by atoms with van der Waals surface area (Å²) < 4.78 is 5.53. The van der Waals surface area contributed by atoms with Gasteiger partial charge in [0.05, 0.1) is 19.3 Å². The summed E-state index contributed by atoms with van der Waals surface area (Å²) in [6.45, 7) is 2.81. The van der Waals surface area contributed by atoms with Crippen LogP contribution in [-0.2, 0) is 14.3 Å². The summed E-state index contributed by atoms with van der Waals surface area (Å²) >= 11 is 0. The number of likely N-dealkylation sites (N-methyl/N-ethyl adjacent to an activating group) is 1. The molecule has 2 rings (SSSR count). The van der Waals surface area contributed by atoms with Gasteiger partial charge in [-0.2, -0.15) is 0 Å². The van der Waals surface area contributed by atoms with Gasteiger partial charge in [-0.25, -0.2) is 0 Å². The number of morpholine rings is 1. The highest BCUT2D eigenvalue weighted by Crippen LogP contribution is 2.26. The van der Waals surface area contributed by atoms with Gasteiger partial charge in [0.15, 0.2) is 0 Å². The minimum atomic E-state index is -0.250. The van der Waals surface area contributed by atoms with E-state index < -0.39 is 0 Å². The molecule has 1 aliphatic heterocycles. The third kappa shape index (κ3) is 6.01. The quantitative estimate of drug-likeness (QED) is 0.789. The van der Waals surface area contributed by atoms with Gasteiger partial charge in [-0.3, -0.25) is 9.59 Å². The second kappa shape index (κ2) is 9.73. The maximum absolute atomic E-state index is 12.6. The van der Waals surface area contributed by atoms with Crippen molar-refractivity contribution in [2.45, 2.75) is 38.1 Å². The fraction of sp³-hybridized carbons (Fsp3) is 0.867. The van der Waals surface area contributed by atoms with Gasteiger partial charge in [-0.05, 0) is 26.9 Å². The van der Waals surface area contributed by atoms with E-state index in [4.69, 9.17) is 14.6 Å². The van der Waals surface area contributed by atoms with Gasteiger partial charge in [-0.15, -0.1) is 0 Å². The SMILES string of the molecule is CN(C)CC1COCCN1C(=O)C1CCCCC1.O=CO. The number of rotatable bonds is 3. The van der Waals surface area contributed by atoms with Gasteiger partial charge in [0.2, 0.25) is 5.91 Å². The molecule has 0 radical (unpaired) electrons. The highest BCUT2D eigenvalue weighted by atomic mass is 16.5. The zero-order valence-corrected chi connectivity index (χ0v) is 13.2. The van der Waals surface area contributed by atoms with Crippen LogP contribution in [0.4, 0.5) is 0 Å². The van der Waals surface area contributed by atoms with Gasteiger partial charge in [0, 0.05) is 19.0 Å². The number of ether oxygens (including phenoxy) is 1. The van der Waals surface area contributed by atoms with Crippen molar-refractivity contribution in [2.24, 2.45) is 5.92 Å². The van der Waals surface area contributed by atoms with E-state index in [2.05, 4.69) is 23.9 Å². The van der Waals surface area contributed by atoms with Gasteiger partial charge in [0.1, 0.15) is 0 Å². The fourth-order valence-electron chi connectivity index (χ4n) is 3.10. The first-order valence-corrected chi connectivity index (χ1v) is 7.71. The van der Waals surface area contributed by atoms with Gasteiger partial charge < -0.3 is 19.6 Å². The molecule has 1 atom stereocenters. The molecule has 0 spiro atoms. The molecule has 6 heteroatoms. The molecule has 0 aromatic rings. The van der Waals surface area contributed by atoms with E-state index in [0.717, 1.165) is 25.9 Å². The van der Waals surface area contributed by atoms with E-state index in [9.17, 15) is 4.79 Å². The molecule has 122 valence electrons. The highest BCUT2D eigenvalue weighted by molar-refractivity contribution is 5.79. The number of carbonyl (C=O) groups excluding carboxylic acids is 1. The Morgan fingerprint density at radius 1 is 1.33 bits per heavy atom. The van der Waals surface area contributed by atoms with Gasteiger partial charge >= 0.3 is 0 Å². The van der Waals surface area contributed by atoms with Crippen LogP contribution in [-0.4, -0.2) is 73.7 Å². The Kier molecular flexibility index (Phi) is 8.30. The molecule has 2 fully saturated rings. The van der Waals surface area contributed by atoms with E-state index in [0.29, 0.717) is 19.1 Å². The summed E-state index contributed by atoms with van der Waals surface area (Å²) in [5.74, 6) is 0.659. The van der Waals surface area contributed by atoms with Gasteiger partial charge in [-0.1, -0.05) is 19.3 Å². The van der Waals surface area contributed by atoms with Crippen LogP contribution in [0, 0.1) is 5.92 Å². The van der Waals surface area contributed by atoms with Gasteiger partial charge in [0.25, 0.3) is 6.47 Å². The van der Waals surface area contributed by atoms with Crippen LogP contribution in [0.15, 0.2) is 0 Å². The first-order valence-electron chi connectivity index (χ1n) is 7.71. The van der Waals surface area contributed by atoms with Crippen molar-refractivity contribution < 1.29 is 19.4 Å². The van der Waals surface area contributed by atoms with Crippen LogP contribution in [0.25, 0.3) is 0 Å². The molecule has 1 amide bonds. The summed E-state index contributed by atoms with van der Waals surface area (Å²) in [5.41, 5.74) is 0. The average molecular weight is 300 g/mol. The molecule has 21 heavy (non-hydrogen) atoms. The van der Waals surface area contributed by atoms with Crippen molar-refractivity contribution in [3.63, 3.8) is 0 Å². The van der Waals surface area contributed by atoms with Crippen molar-refractivity contribution in [3.05, 3.63) is 0 Å². The minimum Gasteiger partial charge on any atom is -0.483 e. The number of hydrogen-bond donors (Lipinski definition) is 1. The summed E-state index contributed by atoms with van der Waals surface area (Å²) in [5, 5.41) is 6.89. The molecular weight excluding hydrogens is 272 g/mol. The maximum Gasteiger partial charge on any atom is 0.290 e. The zero-order valence-electron chi connectivity index (χ0n) is 13.2. The molecule has 0 aromatic carbocycles. The number of carboxylic acid groups (broad SMARTS) is 1. The molecule has 6 nitrogen and oxygen atoms in total. The lowest BCUT2D eigenvalue weighted by Crippen LogP contribution is -2.54. The highest BCUT2D eigenvalue weighted by Gasteiger charge is 2.32. The smallest absolute Gasteiger partial charge is 0.290 e. The molecule has 1 N–H and O–H groups in total. The molecule has 2 aliphatic rings. The predicted octanol–water partition coefficient (Wildman–Crippen LogP) is 1.06. The lowest BCUT2D eigenvalue weighted by molar-refractivity contribution is -0.145. The molecule has 1 unspecified atom stereocenters. The zero-order chi connectivity index (χ0) is 15.7. The first-order chi connectivity index (χ1) is 10.1. The van der Waals surface area contributed by atoms with Crippen molar-refractivity contribution >= 4 is 12.4 Å². The Balaban J connectivity index is 0.000000677. The van der Waals surface area contributed by atoms with Crippen LogP contribution in [0.2, 0.25) is 0 Å².